The predicted molar refractivity (Wildman–Crippen MR) is 55.8 cm³/mol. The van der Waals surface area contributed by atoms with E-state index in [1.54, 1.807) is 14.2 Å². The Morgan fingerprint density at radius 1 is 1.15 bits per heavy atom. The van der Waals surface area contributed by atoms with Crippen molar-refractivity contribution >= 4 is 18.9 Å². The predicted octanol–water partition coefficient (Wildman–Crippen LogP) is 2.24. The molecule has 0 bridgehead atoms. The quantitative estimate of drug-likeness (QED) is 0.568. The summed E-state index contributed by atoms with van der Waals surface area (Å²) in [4.78, 5) is 0. The van der Waals surface area contributed by atoms with Gasteiger partial charge in [0.1, 0.15) is 0 Å². The standard InChI is InChI=1S/C9H13ClO2Si/c1-11-13(10,12-2)8-9-6-4-3-5-7-9/h3-7H,8H2,1-2H3. The van der Waals surface area contributed by atoms with Crippen molar-refractivity contribution in [2.24, 2.45) is 0 Å². The molecule has 72 valence electrons. The maximum absolute atomic E-state index is 6.14. The molecule has 0 radical (unpaired) electrons. The van der Waals surface area contributed by atoms with Crippen LogP contribution >= 0.6 is 11.1 Å². The van der Waals surface area contributed by atoms with Crippen LogP contribution in [-0.4, -0.2) is 22.1 Å². The van der Waals surface area contributed by atoms with Crippen molar-refractivity contribution < 1.29 is 8.85 Å². The molecule has 0 N–H and O–H groups in total. The van der Waals surface area contributed by atoms with E-state index in [0.29, 0.717) is 6.04 Å². The van der Waals surface area contributed by atoms with Gasteiger partial charge in [-0.1, -0.05) is 41.4 Å². The minimum absolute atomic E-state index is 0.669. The molecule has 1 aromatic rings. The number of benzene rings is 1. The zero-order chi connectivity index (χ0) is 9.73. The molecular weight excluding hydrogens is 204 g/mol. The molecule has 0 atom stereocenters. The van der Waals surface area contributed by atoms with Crippen LogP contribution in [0.15, 0.2) is 30.3 Å². The van der Waals surface area contributed by atoms with Crippen molar-refractivity contribution in [1.82, 2.24) is 0 Å². The van der Waals surface area contributed by atoms with Crippen LogP contribution < -0.4 is 0 Å². The lowest BCUT2D eigenvalue weighted by Crippen LogP contribution is -2.36. The molecule has 0 aliphatic rings. The Morgan fingerprint density at radius 3 is 2.15 bits per heavy atom. The first-order valence-electron chi connectivity index (χ1n) is 4.03. The summed E-state index contributed by atoms with van der Waals surface area (Å²) in [5, 5.41) is 0. The van der Waals surface area contributed by atoms with E-state index in [-0.39, 0.29) is 0 Å². The van der Waals surface area contributed by atoms with Crippen molar-refractivity contribution in [3.05, 3.63) is 35.9 Å². The number of hydrogen-bond donors (Lipinski definition) is 0. The van der Waals surface area contributed by atoms with Crippen molar-refractivity contribution in [3.8, 4) is 0 Å². The van der Waals surface area contributed by atoms with Crippen LogP contribution in [0.2, 0.25) is 0 Å². The third kappa shape index (κ3) is 3.12. The van der Waals surface area contributed by atoms with Crippen LogP contribution in [0.1, 0.15) is 5.56 Å². The molecule has 0 aliphatic carbocycles. The highest BCUT2D eigenvalue weighted by Gasteiger charge is 2.33. The van der Waals surface area contributed by atoms with E-state index in [1.807, 2.05) is 30.3 Å². The highest BCUT2D eigenvalue weighted by Crippen LogP contribution is 2.17. The Hall–Kier alpha value is -0.353. The molecule has 13 heavy (non-hydrogen) atoms. The third-order valence-electron chi connectivity index (χ3n) is 1.87. The minimum atomic E-state index is -2.47. The van der Waals surface area contributed by atoms with Crippen molar-refractivity contribution in [2.75, 3.05) is 14.2 Å². The normalized spacial score (nSPS) is 11.6. The lowest BCUT2D eigenvalue weighted by atomic mass is 10.2. The van der Waals surface area contributed by atoms with Crippen LogP contribution in [-0.2, 0) is 14.9 Å². The Kier molecular flexibility index (Phi) is 3.93. The average molecular weight is 217 g/mol. The summed E-state index contributed by atoms with van der Waals surface area (Å²) in [5.74, 6) is 0. The van der Waals surface area contributed by atoms with Crippen LogP contribution in [0.25, 0.3) is 0 Å². The van der Waals surface area contributed by atoms with E-state index in [2.05, 4.69) is 0 Å². The Labute approximate surface area is 84.4 Å². The highest BCUT2D eigenvalue weighted by molar-refractivity contribution is 7.12. The van der Waals surface area contributed by atoms with Gasteiger partial charge in [0.05, 0.1) is 0 Å². The third-order valence-corrected chi connectivity index (χ3v) is 5.24. The van der Waals surface area contributed by atoms with Crippen LogP contribution in [0.5, 0.6) is 0 Å². The van der Waals surface area contributed by atoms with Gasteiger partial charge in [-0.05, 0) is 5.56 Å². The highest BCUT2D eigenvalue weighted by atomic mass is 35.6. The molecule has 4 heteroatoms. The Balaban J connectivity index is 2.68. The number of rotatable bonds is 4. The topological polar surface area (TPSA) is 18.5 Å². The van der Waals surface area contributed by atoms with Gasteiger partial charge in [-0.2, -0.15) is 0 Å². The zero-order valence-corrected chi connectivity index (χ0v) is 9.54. The lowest BCUT2D eigenvalue weighted by molar-refractivity contribution is 0.265. The smallest absolute Gasteiger partial charge is 0.386 e. The van der Waals surface area contributed by atoms with Gasteiger partial charge < -0.3 is 8.85 Å². The molecule has 0 fully saturated rings. The number of hydrogen-bond acceptors (Lipinski definition) is 2. The second-order valence-electron chi connectivity index (χ2n) is 2.73. The van der Waals surface area contributed by atoms with Crippen LogP contribution in [0.4, 0.5) is 0 Å². The van der Waals surface area contributed by atoms with Gasteiger partial charge in [0.25, 0.3) is 0 Å². The molecule has 0 saturated heterocycles. The largest absolute Gasteiger partial charge is 0.447 e. The van der Waals surface area contributed by atoms with Gasteiger partial charge in [0.2, 0.25) is 0 Å². The SMILES string of the molecule is CO[Si](Cl)(Cc1ccccc1)OC. The summed E-state index contributed by atoms with van der Waals surface area (Å²) < 4.78 is 10.3. The first-order chi connectivity index (χ1) is 6.20. The molecule has 0 aliphatic heterocycles. The van der Waals surface area contributed by atoms with Gasteiger partial charge in [-0.25, -0.2) is 0 Å². The molecule has 0 amide bonds. The second-order valence-corrected chi connectivity index (χ2v) is 6.95. The van der Waals surface area contributed by atoms with Crippen molar-refractivity contribution in [3.63, 3.8) is 0 Å². The first kappa shape index (κ1) is 10.7. The summed E-state index contributed by atoms with van der Waals surface area (Å²) in [6.07, 6.45) is 0. The fourth-order valence-electron chi connectivity index (χ4n) is 1.07. The average Bonchev–Trinajstić information content (AvgIpc) is 2.19. The molecule has 0 spiro atoms. The zero-order valence-electron chi connectivity index (χ0n) is 7.79. The van der Waals surface area contributed by atoms with Gasteiger partial charge in [-0.15, -0.1) is 0 Å². The molecule has 0 saturated carbocycles. The van der Waals surface area contributed by atoms with E-state index >= 15 is 0 Å². The van der Waals surface area contributed by atoms with Gasteiger partial charge >= 0.3 is 7.87 Å². The molecule has 1 rings (SSSR count). The summed E-state index contributed by atoms with van der Waals surface area (Å²) in [6.45, 7) is 0. The minimum Gasteiger partial charge on any atom is -0.386 e. The van der Waals surface area contributed by atoms with Crippen molar-refractivity contribution in [1.29, 1.82) is 0 Å². The fraction of sp³-hybridized carbons (Fsp3) is 0.333. The van der Waals surface area contributed by atoms with E-state index < -0.39 is 7.87 Å². The maximum Gasteiger partial charge on any atom is 0.447 e. The molecule has 0 aromatic heterocycles. The summed E-state index contributed by atoms with van der Waals surface area (Å²) in [7, 11) is 0.712. The summed E-state index contributed by atoms with van der Waals surface area (Å²) in [5.41, 5.74) is 1.15. The van der Waals surface area contributed by atoms with Gasteiger partial charge in [0.15, 0.2) is 0 Å². The lowest BCUT2D eigenvalue weighted by Gasteiger charge is -2.19. The fourth-order valence-corrected chi connectivity index (χ4v) is 2.71. The summed E-state index contributed by atoms with van der Waals surface area (Å²) >= 11 is 6.14. The Bertz CT molecular complexity index is 249. The number of halogens is 1. The summed E-state index contributed by atoms with van der Waals surface area (Å²) in [6, 6.07) is 10.6. The molecule has 1 aromatic carbocycles. The molecular formula is C9H13ClO2Si. The second kappa shape index (κ2) is 4.76. The van der Waals surface area contributed by atoms with Crippen LogP contribution in [0.3, 0.4) is 0 Å². The first-order valence-corrected chi connectivity index (χ1v) is 7.07. The van der Waals surface area contributed by atoms with Crippen LogP contribution in [0, 0.1) is 0 Å². The van der Waals surface area contributed by atoms with E-state index in [9.17, 15) is 0 Å². The van der Waals surface area contributed by atoms with Crippen molar-refractivity contribution in [2.45, 2.75) is 6.04 Å². The van der Waals surface area contributed by atoms with Gasteiger partial charge in [-0.3, -0.25) is 0 Å². The van der Waals surface area contributed by atoms with E-state index in [0.717, 1.165) is 5.56 Å². The Morgan fingerprint density at radius 2 is 1.69 bits per heavy atom. The maximum atomic E-state index is 6.14. The molecule has 0 unspecified atom stereocenters. The van der Waals surface area contributed by atoms with E-state index in [1.165, 1.54) is 0 Å². The molecule has 2 nitrogen and oxygen atoms in total. The van der Waals surface area contributed by atoms with Gasteiger partial charge in [0, 0.05) is 20.3 Å². The van der Waals surface area contributed by atoms with E-state index in [4.69, 9.17) is 19.9 Å². The monoisotopic (exact) mass is 216 g/mol. The molecule has 0 heterocycles.